The molecule has 2 atom stereocenters. The normalized spacial score (nSPS) is 28.9. The van der Waals surface area contributed by atoms with Gasteiger partial charge in [-0.05, 0) is 57.0 Å². The van der Waals surface area contributed by atoms with Gasteiger partial charge in [0.05, 0.1) is 17.5 Å². The standard InChI is InChI=1S/C25H18INO2/c1-25-16-10-4-2-8-14(16)20(15-9-3-5-11-17(15)25)21-22(25)24(29)27(23(21)28)19-13-7-6-12-18(19)26/h2-13,20-22H,1H3/t20?,21-,22+,25?/m0/s1. The predicted octanol–water partition coefficient (Wildman–Crippen LogP) is 4.86. The summed E-state index contributed by atoms with van der Waals surface area (Å²) in [7, 11) is 0. The second-order valence-corrected chi connectivity index (χ2v) is 9.48. The quantitative estimate of drug-likeness (QED) is 0.360. The highest BCUT2D eigenvalue weighted by Crippen LogP contribution is 2.64. The van der Waals surface area contributed by atoms with E-state index in [0.717, 1.165) is 3.57 Å². The van der Waals surface area contributed by atoms with Gasteiger partial charge in [-0.25, -0.2) is 4.90 Å². The van der Waals surface area contributed by atoms with E-state index in [0.29, 0.717) is 5.69 Å². The van der Waals surface area contributed by atoms with Gasteiger partial charge in [-0.15, -0.1) is 0 Å². The number of hydrogen-bond acceptors (Lipinski definition) is 2. The Morgan fingerprint density at radius 1 is 0.793 bits per heavy atom. The number of rotatable bonds is 1. The van der Waals surface area contributed by atoms with E-state index >= 15 is 0 Å². The van der Waals surface area contributed by atoms with Crippen LogP contribution < -0.4 is 4.90 Å². The highest BCUT2D eigenvalue weighted by Gasteiger charge is 2.66. The number of nitrogens with zero attached hydrogens (tertiary/aromatic N) is 1. The zero-order chi connectivity index (χ0) is 19.9. The van der Waals surface area contributed by atoms with Gasteiger partial charge < -0.3 is 0 Å². The van der Waals surface area contributed by atoms with Crippen LogP contribution in [0, 0.1) is 15.4 Å². The molecule has 4 heteroatoms. The van der Waals surface area contributed by atoms with E-state index in [1.54, 1.807) is 0 Å². The summed E-state index contributed by atoms with van der Waals surface area (Å²) in [5.74, 6) is -0.934. The summed E-state index contributed by atoms with van der Waals surface area (Å²) >= 11 is 2.21. The Morgan fingerprint density at radius 2 is 1.34 bits per heavy atom. The number of anilines is 1. The van der Waals surface area contributed by atoms with Gasteiger partial charge in [-0.2, -0.15) is 0 Å². The van der Waals surface area contributed by atoms with Crippen molar-refractivity contribution in [3.63, 3.8) is 0 Å². The van der Waals surface area contributed by atoms with E-state index in [2.05, 4.69) is 53.8 Å². The summed E-state index contributed by atoms with van der Waals surface area (Å²) in [4.78, 5) is 29.0. The Balaban J connectivity index is 1.64. The molecule has 3 aromatic carbocycles. The molecule has 0 saturated carbocycles. The number of halogens is 1. The maximum atomic E-state index is 13.8. The van der Waals surface area contributed by atoms with Crippen LogP contribution in [0.5, 0.6) is 0 Å². The molecule has 0 radical (unpaired) electrons. The van der Waals surface area contributed by atoms with Gasteiger partial charge in [0.25, 0.3) is 0 Å². The third-order valence-corrected chi connectivity index (χ3v) is 8.05. The second-order valence-electron chi connectivity index (χ2n) is 8.32. The molecule has 2 amide bonds. The number of hydrogen-bond donors (Lipinski definition) is 0. The lowest BCUT2D eigenvalue weighted by atomic mass is 9.48. The fourth-order valence-corrected chi connectivity index (χ4v) is 6.65. The van der Waals surface area contributed by atoms with E-state index in [9.17, 15) is 9.59 Å². The summed E-state index contributed by atoms with van der Waals surface area (Å²) in [6, 6.07) is 24.4. The molecule has 3 nitrogen and oxygen atoms in total. The van der Waals surface area contributed by atoms with Crippen LogP contribution in [0.1, 0.15) is 35.1 Å². The predicted molar refractivity (Wildman–Crippen MR) is 120 cm³/mol. The van der Waals surface area contributed by atoms with E-state index < -0.39 is 5.41 Å². The van der Waals surface area contributed by atoms with Crippen LogP contribution in [0.15, 0.2) is 72.8 Å². The van der Waals surface area contributed by atoms with Gasteiger partial charge in [0.2, 0.25) is 11.8 Å². The largest absolute Gasteiger partial charge is 0.274 e. The van der Waals surface area contributed by atoms with E-state index in [1.807, 2.05) is 48.5 Å². The zero-order valence-electron chi connectivity index (χ0n) is 15.8. The fraction of sp³-hybridized carbons (Fsp3) is 0.200. The first-order chi connectivity index (χ1) is 14.0. The van der Waals surface area contributed by atoms with Gasteiger partial charge in [-0.3, -0.25) is 9.59 Å². The first kappa shape index (κ1) is 17.4. The molecule has 142 valence electrons. The Morgan fingerprint density at radius 3 is 1.97 bits per heavy atom. The van der Waals surface area contributed by atoms with Crippen molar-refractivity contribution in [1.29, 1.82) is 0 Å². The molecular weight excluding hydrogens is 473 g/mol. The molecule has 7 rings (SSSR count). The summed E-state index contributed by atoms with van der Waals surface area (Å²) < 4.78 is 0.915. The van der Waals surface area contributed by atoms with Gasteiger partial charge in [0.15, 0.2) is 0 Å². The molecule has 1 heterocycles. The lowest BCUT2D eigenvalue weighted by molar-refractivity contribution is -0.123. The first-order valence-electron chi connectivity index (χ1n) is 9.86. The van der Waals surface area contributed by atoms with E-state index in [4.69, 9.17) is 0 Å². The van der Waals surface area contributed by atoms with Crippen LogP contribution >= 0.6 is 22.6 Å². The van der Waals surface area contributed by atoms with Gasteiger partial charge in [0.1, 0.15) is 0 Å². The van der Waals surface area contributed by atoms with Crippen molar-refractivity contribution in [2.24, 2.45) is 11.8 Å². The molecule has 4 aliphatic rings. The van der Waals surface area contributed by atoms with Crippen molar-refractivity contribution in [3.05, 3.63) is 98.6 Å². The Labute approximate surface area is 182 Å². The lowest BCUT2D eigenvalue weighted by Crippen LogP contribution is -2.51. The van der Waals surface area contributed by atoms with Crippen molar-refractivity contribution in [3.8, 4) is 0 Å². The van der Waals surface area contributed by atoms with Gasteiger partial charge >= 0.3 is 0 Å². The van der Waals surface area contributed by atoms with Crippen LogP contribution in [0.25, 0.3) is 0 Å². The second kappa shape index (κ2) is 5.79. The maximum absolute atomic E-state index is 13.8. The Kier molecular flexibility index (Phi) is 3.47. The number of benzene rings is 3. The Bertz CT molecular complexity index is 1170. The average Bonchev–Trinajstić information content (AvgIpc) is 3.01. The van der Waals surface area contributed by atoms with Crippen LogP contribution in [-0.4, -0.2) is 11.8 Å². The highest BCUT2D eigenvalue weighted by atomic mass is 127. The maximum Gasteiger partial charge on any atom is 0.238 e. The van der Waals surface area contributed by atoms with Crippen LogP contribution in [-0.2, 0) is 15.0 Å². The minimum Gasteiger partial charge on any atom is -0.274 e. The van der Waals surface area contributed by atoms with Crippen LogP contribution in [0.2, 0.25) is 0 Å². The number of imide groups is 1. The van der Waals surface area contributed by atoms with Crippen molar-refractivity contribution in [1.82, 2.24) is 0 Å². The third-order valence-electron chi connectivity index (χ3n) is 7.14. The molecule has 29 heavy (non-hydrogen) atoms. The van der Waals surface area contributed by atoms with E-state index in [-0.39, 0.29) is 29.6 Å². The van der Waals surface area contributed by atoms with Crippen LogP contribution in [0.4, 0.5) is 5.69 Å². The highest BCUT2D eigenvalue weighted by molar-refractivity contribution is 14.1. The van der Waals surface area contributed by atoms with Crippen molar-refractivity contribution >= 4 is 40.1 Å². The van der Waals surface area contributed by atoms with Crippen molar-refractivity contribution in [2.45, 2.75) is 18.3 Å². The molecule has 0 N–H and O–H groups in total. The summed E-state index contributed by atoms with van der Waals surface area (Å²) in [5.41, 5.74) is 4.97. The lowest BCUT2D eigenvalue weighted by Gasteiger charge is -2.52. The van der Waals surface area contributed by atoms with Crippen LogP contribution in [0.3, 0.4) is 0 Å². The minimum atomic E-state index is -0.506. The monoisotopic (exact) mass is 491 g/mol. The molecule has 1 fully saturated rings. The molecule has 3 aromatic rings. The molecule has 2 bridgehead atoms. The van der Waals surface area contributed by atoms with Crippen molar-refractivity contribution in [2.75, 3.05) is 4.90 Å². The van der Waals surface area contributed by atoms with Gasteiger partial charge in [-0.1, -0.05) is 67.6 Å². The molecular formula is C25H18INO2. The minimum absolute atomic E-state index is 0.0654. The molecule has 0 unspecified atom stereocenters. The fourth-order valence-electron chi connectivity index (χ4n) is 6.02. The molecule has 3 aliphatic carbocycles. The smallest absolute Gasteiger partial charge is 0.238 e. The molecule has 1 saturated heterocycles. The van der Waals surface area contributed by atoms with Gasteiger partial charge in [0, 0.05) is 14.9 Å². The topological polar surface area (TPSA) is 37.4 Å². The summed E-state index contributed by atoms with van der Waals surface area (Å²) in [6.07, 6.45) is 0. The first-order valence-corrected chi connectivity index (χ1v) is 10.9. The molecule has 1 aliphatic heterocycles. The SMILES string of the molecule is CC12c3ccccc3C(c3ccccc31)[C@@H]1C(=O)N(c3ccccc3I)C(=O)[C@@H]12. The average molecular weight is 491 g/mol. The molecule has 0 aromatic heterocycles. The van der Waals surface area contributed by atoms with Crippen molar-refractivity contribution < 1.29 is 9.59 Å². The zero-order valence-corrected chi connectivity index (χ0v) is 18.0. The number of para-hydroxylation sites is 1. The van der Waals surface area contributed by atoms with E-state index in [1.165, 1.54) is 27.2 Å². The Hall–Kier alpha value is -2.47. The number of carbonyl (C=O) groups excluding carboxylic acids is 2. The third kappa shape index (κ3) is 1.98. The number of carbonyl (C=O) groups is 2. The molecule has 0 spiro atoms. The summed E-state index contributed by atoms with van der Waals surface area (Å²) in [6.45, 7) is 2.16. The number of amides is 2. The summed E-state index contributed by atoms with van der Waals surface area (Å²) in [5, 5.41) is 0.